The second-order valence-electron chi connectivity index (χ2n) is 9.00. The first-order valence-electron chi connectivity index (χ1n) is 12.2. The molecule has 0 saturated carbocycles. The van der Waals surface area contributed by atoms with Crippen LogP contribution in [0.25, 0.3) is 33.4 Å². The van der Waals surface area contributed by atoms with Gasteiger partial charge in [-0.25, -0.2) is 4.39 Å². The van der Waals surface area contributed by atoms with Crippen LogP contribution in [0.5, 0.6) is 0 Å². The summed E-state index contributed by atoms with van der Waals surface area (Å²) in [6.07, 6.45) is -5.28. The van der Waals surface area contributed by atoms with Gasteiger partial charge in [-0.15, -0.1) is 0 Å². The number of carbonyl (C=O) groups excluding carboxylic acids is 2. The van der Waals surface area contributed by atoms with Crippen LogP contribution in [0.1, 0.15) is 46.0 Å². The number of allylic oxidation sites excluding steroid dienone is 1. The fourth-order valence-electron chi connectivity index (χ4n) is 4.24. The quantitative estimate of drug-likeness (QED) is 0.230. The number of carbonyl (C=O) groups is 2. The minimum atomic E-state index is -4.40. The van der Waals surface area contributed by atoms with Gasteiger partial charge in [-0.05, 0) is 78.1 Å². The Morgan fingerprint density at radius 3 is 2.33 bits per heavy atom. The molecule has 5 nitrogen and oxygen atoms in total. The highest BCUT2D eigenvalue weighted by Gasteiger charge is 2.28. The smallest absolute Gasteiger partial charge is 0.389 e. The van der Waals surface area contributed by atoms with Crippen LogP contribution in [0, 0.1) is 5.82 Å². The molecule has 0 aliphatic heterocycles. The summed E-state index contributed by atoms with van der Waals surface area (Å²) >= 11 is 0. The van der Waals surface area contributed by atoms with E-state index in [2.05, 4.69) is 17.2 Å². The summed E-state index contributed by atoms with van der Waals surface area (Å²) in [6.45, 7) is 5.62. The van der Waals surface area contributed by atoms with Gasteiger partial charge < -0.3 is 15.1 Å². The fourth-order valence-corrected chi connectivity index (χ4v) is 4.24. The van der Waals surface area contributed by atoms with Crippen molar-refractivity contribution in [2.45, 2.75) is 32.4 Å². The molecular weight excluding hydrogens is 512 g/mol. The first-order chi connectivity index (χ1) is 18.5. The van der Waals surface area contributed by atoms with Gasteiger partial charge in [-0.2, -0.15) is 13.2 Å². The summed E-state index contributed by atoms with van der Waals surface area (Å²) in [5.41, 5.74) is 2.88. The molecule has 0 aliphatic rings. The van der Waals surface area contributed by atoms with Crippen molar-refractivity contribution in [2.75, 3.05) is 7.05 Å². The summed E-state index contributed by atoms with van der Waals surface area (Å²) in [5, 5.41) is 5.63. The molecule has 0 unspecified atom stereocenters. The largest absolute Gasteiger partial charge is 0.455 e. The van der Waals surface area contributed by atoms with E-state index in [0.29, 0.717) is 45.3 Å². The Bertz CT molecular complexity index is 1550. The molecule has 0 atom stereocenters. The number of furan rings is 1. The molecule has 9 heteroatoms. The van der Waals surface area contributed by atoms with Gasteiger partial charge in [-0.1, -0.05) is 25.6 Å². The number of aryl methyl sites for hydroxylation is 1. The van der Waals surface area contributed by atoms with E-state index in [1.165, 1.54) is 37.4 Å². The van der Waals surface area contributed by atoms with Gasteiger partial charge >= 0.3 is 6.18 Å². The molecule has 0 radical (unpaired) electrons. The Labute approximate surface area is 222 Å². The van der Waals surface area contributed by atoms with E-state index in [1.54, 1.807) is 30.3 Å². The number of alkyl halides is 3. The van der Waals surface area contributed by atoms with Crippen molar-refractivity contribution >= 4 is 22.8 Å². The molecule has 2 N–H and O–H groups in total. The zero-order chi connectivity index (χ0) is 28.3. The van der Waals surface area contributed by atoms with E-state index in [1.807, 2.05) is 6.92 Å². The van der Waals surface area contributed by atoms with E-state index >= 15 is 0 Å². The van der Waals surface area contributed by atoms with Crippen LogP contribution in [0.15, 0.2) is 77.4 Å². The van der Waals surface area contributed by atoms with Crippen LogP contribution in [0.3, 0.4) is 0 Å². The molecule has 2 amide bonds. The highest BCUT2D eigenvalue weighted by Crippen LogP contribution is 2.39. The maximum atomic E-state index is 13.6. The van der Waals surface area contributed by atoms with E-state index in [-0.39, 0.29) is 23.3 Å². The molecule has 0 saturated heterocycles. The Kier molecular flexibility index (Phi) is 7.90. The summed E-state index contributed by atoms with van der Waals surface area (Å²) in [6, 6.07) is 14.9. The molecule has 0 aliphatic carbocycles. The topological polar surface area (TPSA) is 71.3 Å². The molecule has 39 heavy (non-hydrogen) atoms. The summed E-state index contributed by atoms with van der Waals surface area (Å²) in [4.78, 5) is 25.7. The molecule has 4 rings (SSSR count). The van der Waals surface area contributed by atoms with E-state index in [4.69, 9.17) is 4.42 Å². The van der Waals surface area contributed by atoms with Gasteiger partial charge in [-0.3, -0.25) is 9.59 Å². The van der Waals surface area contributed by atoms with Crippen LogP contribution < -0.4 is 10.6 Å². The summed E-state index contributed by atoms with van der Waals surface area (Å²) in [5.74, 6) is -1.18. The Morgan fingerprint density at radius 2 is 1.69 bits per heavy atom. The molecule has 3 aromatic carbocycles. The lowest BCUT2D eigenvalue weighted by molar-refractivity contribution is -0.133. The fraction of sp³-hybridized carbons (Fsp3) is 0.200. The van der Waals surface area contributed by atoms with E-state index in [9.17, 15) is 27.2 Å². The van der Waals surface area contributed by atoms with E-state index in [0.717, 1.165) is 0 Å². The Balaban J connectivity index is 1.93. The van der Waals surface area contributed by atoms with Gasteiger partial charge in [0, 0.05) is 35.7 Å². The average molecular weight is 539 g/mol. The maximum Gasteiger partial charge on any atom is 0.389 e. The van der Waals surface area contributed by atoms with Gasteiger partial charge in [0.15, 0.2) is 0 Å². The minimum Gasteiger partial charge on any atom is -0.455 e. The highest BCUT2D eigenvalue weighted by molar-refractivity contribution is 6.12. The first kappa shape index (κ1) is 27.6. The van der Waals surface area contributed by atoms with Crippen molar-refractivity contribution in [1.29, 1.82) is 0 Å². The molecule has 0 spiro atoms. The zero-order valence-corrected chi connectivity index (χ0v) is 21.3. The predicted octanol–water partition coefficient (Wildman–Crippen LogP) is 7.41. The first-order valence-corrected chi connectivity index (χ1v) is 12.2. The van der Waals surface area contributed by atoms with Crippen molar-refractivity contribution < 1.29 is 31.6 Å². The average Bonchev–Trinajstić information content (AvgIpc) is 3.29. The molecular formula is C30H26F4N2O3. The predicted molar refractivity (Wildman–Crippen MR) is 142 cm³/mol. The number of amides is 2. The Morgan fingerprint density at radius 1 is 0.974 bits per heavy atom. The van der Waals surface area contributed by atoms with Crippen molar-refractivity contribution in [3.05, 3.63) is 95.4 Å². The van der Waals surface area contributed by atoms with Crippen LogP contribution in [0.2, 0.25) is 0 Å². The van der Waals surface area contributed by atoms with Crippen molar-refractivity contribution in [3.8, 4) is 22.5 Å². The van der Waals surface area contributed by atoms with Gasteiger partial charge in [0.05, 0.1) is 5.56 Å². The molecule has 202 valence electrons. The van der Waals surface area contributed by atoms with Gasteiger partial charge in [0.2, 0.25) is 0 Å². The number of hydrogen-bond donors (Lipinski definition) is 2. The summed E-state index contributed by atoms with van der Waals surface area (Å²) in [7, 11) is 1.44. The van der Waals surface area contributed by atoms with Crippen molar-refractivity contribution in [1.82, 2.24) is 10.6 Å². The SMILES string of the molecule is C=C(CC)NC(=O)c1cccc(-c2cc3c(C(=O)NC)c(-c4ccc(F)cc4)oc3cc2CCC(F)(F)F)c1. The number of halogens is 4. The van der Waals surface area contributed by atoms with Crippen molar-refractivity contribution in [3.63, 3.8) is 0 Å². The molecule has 4 aromatic rings. The second-order valence-corrected chi connectivity index (χ2v) is 9.00. The van der Waals surface area contributed by atoms with Gasteiger partial charge in [0.25, 0.3) is 11.8 Å². The monoisotopic (exact) mass is 538 g/mol. The Hall–Kier alpha value is -4.40. The van der Waals surface area contributed by atoms with Crippen LogP contribution >= 0.6 is 0 Å². The minimum absolute atomic E-state index is 0.162. The number of hydrogen-bond acceptors (Lipinski definition) is 3. The number of benzene rings is 3. The third-order valence-electron chi connectivity index (χ3n) is 6.31. The summed E-state index contributed by atoms with van der Waals surface area (Å²) < 4.78 is 59.2. The molecule has 0 fully saturated rings. The van der Waals surface area contributed by atoms with Crippen LogP contribution in [-0.4, -0.2) is 25.0 Å². The molecule has 0 bridgehead atoms. The maximum absolute atomic E-state index is 13.6. The second kappa shape index (κ2) is 11.1. The zero-order valence-electron chi connectivity index (χ0n) is 21.3. The van der Waals surface area contributed by atoms with E-state index < -0.39 is 30.2 Å². The lowest BCUT2D eigenvalue weighted by Crippen LogP contribution is -2.21. The van der Waals surface area contributed by atoms with Gasteiger partial charge in [0.1, 0.15) is 17.2 Å². The number of rotatable bonds is 8. The normalized spacial score (nSPS) is 11.4. The third-order valence-corrected chi connectivity index (χ3v) is 6.31. The lowest BCUT2D eigenvalue weighted by Gasteiger charge is -2.13. The lowest BCUT2D eigenvalue weighted by atomic mass is 9.92. The third kappa shape index (κ3) is 6.19. The van der Waals surface area contributed by atoms with Crippen LogP contribution in [0.4, 0.5) is 17.6 Å². The molecule has 1 aromatic heterocycles. The van der Waals surface area contributed by atoms with Crippen molar-refractivity contribution in [2.24, 2.45) is 0 Å². The standard InChI is InChI=1S/C30H26F4N2O3/c1-4-17(2)36-28(37)21-7-5-6-19(14-21)23-16-24-25(15-20(23)12-13-30(32,33)34)39-27(26(24)29(38)35-3)18-8-10-22(31)11-9-18/h5-11,14-16H,2,4,12-13H2,1,3H3,(H,35,38)(H,36,37). The molecule has 1 heterocycles. The number of fused-ring (bicyclic) bond motifs is 1. The highest BCUT2D eigenvalue weighted by atomic mass is 19.4. The van der Waals surface area contributed by atoms with Crippen LogP contribution in [-0.2, 0) is 6.42 Å². The number of nitrogens with one attached hydrogen (secondary N) is 2.